The van der Waals surface area contributed by atoms with E-state index in [9.17, 15) is 5.11 Å². The van der Waals surface area contributed by atoms with Crippen molar-refractivity contribution in [2.75, 3.05) is 0 Å². The number of aromatic hydroxyl groups is 1. The topological polar surface area (TPSA) is 32.6 Å². The number of phenols is 1. The maximum atomic E-state index is 9.70. The number of aliphatic imine (C=N–C) groups is 1. The average Bonchev–Trinajstić information content (AvgIpc) is 2.34. The standard InChI is InChI=1S/C15H14BrNO/c1-10-3-5-14(7-11(10)2)17-9-12-8-13(16)4-6-15(12)18/h3-9,18H,1-2H3. The lowest BCUT2D eigenvalue weighted by molar-refractivity contribution is 0.474. The summed E-state index contributed by atoms with van der Waals surface area (Å²) in [6.45, 7) is 4.13. The molecule has 0 amide bonds. The molecule has 0 aromatic heterocycles. The minimum atomic E-state index is 0.228. The third kappa shape index (κ3) is 2.99. The Balaban J connectivity index is 2.29. The van der Waals surface area contributed by atoms with Crippen molar-refractivity contribution in [2.24, 2.45) is 4.99 Å². The van der Waals surface area contributed by atoms with Crippen LogP contribution in [0.3, 0.4) is 0 Å². The van der Waals surface area contributed by atoms with E-state index in [1.54, 1.807) is 18.3 Å². The van der Waals surface area contributed by atoms with Gasteiger partial charge in [-0.1, -0.05) is 22.0 Å². The van der Waals surface area contributed by atoms with Crippen LogP contribution in [0.15, 0.2) is 45.9 Å². The number of hydrogen-bond donors (Lipinski definition) is 1. The zero-order valence-corrected chi connectivity index (χ0v) is 11.9. The van der Waals surface area contributed by atoms with Gasteiger partial charge in [-0.05, 0) is 55.3 Å². The average molecular weight is 304 g/mol. The molecule has 0 aliphatic heterocycles. The number of benzene rings is 2. The molecule has 0 bridgehead atoms. The number of hydrogen-bond acceptors (Lipinski definition) is 2. The third-order valence-electron chi connectivity index (χ3n) is 2.83. The molecule has 0 saturated heterocycles. The molecular weight excluding hydrogens is 290 g/mol. The van der Waals surface area contributed by atoms with E-state index < -0.39 is 0 Å². The van der Waals surface area contributed by atoms with Gasteiger partial charge in [0.2, 0.25) is 0 Å². The van der Waals surface area contributed by atoms with E-state index in [1.165, 1.54) is 11.1 Å². The van der Waals surface area contributed by atoms with Crippen LogP contribution >= 0.6 is 15.9 Å². The lowest BCUT2D eigenvalue weighted by Gasteiger charge is -2.01. The van der Waals surface area contributed by atoms with Gasteiger partial charge in [0.05, 0.1) is 5.69 Å². The molecule has 92 valence electrons. The van der Waals surface area contributed by atoms with E-state index in [4.69, 9.17) is 0 Å². The van der Waals surface area contributed by atoms with Gasteiger partial charge in [0.15, 0.2) is 0 Å². The first kappa shape index (κ1) is 12.8. The Morgan fingerprint density at radius 1 is 1.06 bits per heavy atom. The predicted octanol–water partition coefficient (Wildman–Crippen LogP) is 4.52. The van der Waals surface area contributed by atoms with Crippen LogP contribution in [-0.4, -0.2) is 11.3 Å². The predicted molar refractivity (Wildman–Crippen MR) is 79.0 cm³/mol. The Morgan fingerprint density at radius 3 is 2.56 bits per heavy atom. The van der Waals surface area contributed by atoms with Gasteiger partial charge in [-0.25, -0.2) is 0 Å². The molecule has 0 saturated carbocycles. The number of halogens is 1. The van der Waals surface area contributed by atoms with Crippen LogP contribution in [0.4, 0.5) is 5.69 Å². The summed E-state index contributed by atoms with van der Waals surface area (Å²) in [7, 11) is 0. The molecule has 3 heteroatoms. The number of nitrogens with zero attached hydrogens (tertiary/aromatic N) is 1. The summed E-state index contributed by atoms with van der Waals surface area (Å²) in [6.07, 6.45) is 1.67. The Bertz CT molecular complexity index is 605. The normalized spacial score (nSPS) is 11.1. The number of aryl methyl sites for hydroxylation is 2. The van der Waals surface area contributed by atoms with Crippen molar-refractivity contribution in [3.63, 3.8) is 0 Å². The molecular formula is C15H14BrNO. The van der Waals surface area contributed by atoms with Gasteiger partial charge in [-0.3, -0.25) is 4.99 Å². The highest BCUT2D eigenvalue weighted by atomic mass is 79.9. The van der Waals surface area contributed by atoms with Gasteiger partial charge in [0.1, 0.15) is 5.75 Å². The largest absolute Gasteiger partial charge is 0.507 e. The summed E-state index contributed by atoms with van der Waals surface area (Å²) < 4.78 is 0.918. The SMILES string of the molecule is Cc1ccc(N=Cc2cc(Br)ccc2O)cc1C. The van der Waals surface area contributed by atoms with Crippen molar-refractivity contribution >= 4 is 27.8 Å². The smallest absolute Gasteiger partial charge is 0.124 e. The molecule has 18 heavy (non-hydrogen) atoms. The van der Waals surface area contributed by atoms with E-state index >= 15 is 0 Å². The van der Waals surface area contributed by atoms with Gasteiger partial charge >= 0.3 is 0 Å². The molecule has 0 aliphatic rings. The van der Waals surface area contributed by atoms with Gasteiger partial charge in [0, 0.05) is 16.3 Å². The first-order valence-electron chi connectivity index (χ1n) is 5.66. The fourth-order valence-electron chi connectivity index (χ4n) is 1.58. The highest BCUT2D eigenvalue weighted by Gasteiger charge is 1.99. The van der Waals surface area contributed by atoms with Crippen LogP contribution in [0.1, 0.15) is 16.7 Å². The van der Waals surface area contributed by atoms with E-state index in [0.717, 1.165) is 10.2 Å². The number of phenolic OH excluding ortho intramolecular Hbond substituents is 1. The van der Waals surface area contributed by atoms with Crippen molar-refractivity contribution in [1.82, 2.24) is 0 Å². The van der Waals surface area contributed by atoms with Crippen LogP contribution in [-0.2, 0) is 0 Å². The van der Waals surface area contributed by atoms with Gasteiger partial charge in [0.25, 0.3) is 0 Å². The maximum Gasteiger partial charge on any atom is 0.124 e. The van der Waals surface area contributed by atoms with Crippen molar-refractivity contribution < 1.29 is 5.11 Å². The quantitative estimate of drug-likeness (QED) is 0.813. The van der Waals surface area contributed by atoms with Crippen LogP contribution in [0.5, 0.6) is 5.75 Å². The molecule has 0 fully saturated rings. The Kier molecular flexibility index (Phi) is 3.82. The fourth-order valence-corrected chi connectivity index (χ4v) is 1.96. The highest BCUT2D eigenvalue weighted by molar-refractivity contribution is 9.10. The number of rotatable bonds is 2. The van der Waals surface area contributed by atoms with Crippen molar-refractivity contribution in [3.05, 3.63) is 57.6 Å². The van der Waals surface area contributed by atoms with E-state index in [-0.39, 0.29) is 5.75 Å². The Morgan fingerprint density at radius 2 is 1.83 bits per heavy atom. The molecule has 2 aromatic rings. The Hall–Kier alpha value is -1.61. The molecule has 0 unspecified atom stereocenters. The lowest BCUT2D eigenvalue weighted by atomic mass is 10.1. The molecule has 0 spiro atoms. The monoisotopic (exact) mass is 303 g/mol. The van der Waals surface area contributed by atoms with Crippen LogP contribution in [0.2, 0.25) is 0 Å². The molecule has 0 heterocycles. The second kappa shape index (κ2) is 5.36. The second-order valence-electron chi connectivity index (χ2n) is 4.23. The van der Waals surface area contributed by atoms with Gasteiger partial charge in [-0.2, -0.15) is 0 Å². The van der Waals surface area contributed by atoms with Crippen molar-refractivity contribution in [1.29, 1.82) is 0 Å². The van der Waals surface area contributed by atoms with Crippen LogP contribution < -0.4 is 0 Å². The zero-order valence-electron chi connectivity index (χ0n) is 10.3. The summed E-state index contributed by atoms with van der Waals surface area (Å²) in [5.74, 6) is 0.228. The molecule has 2 rings (SSSR count). The molecule has 2 nitrogen and oxygen atoms in total. The maximum absolute atomic E-state index is 9.70. The summed E-state index contributed by atoms with van der Waals surface area (Å²) in [6, 6.07) is 11.3. The highest BCUT2D eigenvalue weighted by Crippen LogP contribution is 2.22. The van der Waals surface area contributed by atoms with E-state index in [2.05, 4.69) is 34.8 Å². The first-order valence-corrected chi connectivity index (χ1v) is 6.45. The summed E-state index contributed by atoms with van der Waals surface area (Å²) in [4.78, 5) is 4.37. The lowest BCUT2D eigenvalue weighted by Crippen LogP contribution is -1.83. The molecule has 1 N–H and O–H groups in total. The summed E-state index contributed by atoms with van der Waals surface area (Å²) >= 11 is 3.37. The molecule has 0 radical (unpaired) electrons. The van der Waals surface area contributed by atoms with Crippen LogP contribution in [0, 0.1) is 13.8 Å². The fraction of sp³-hybridized carbons (Fsp3) is 0.133. The third-order valence-corrected chi connectivity index (χ3v) is 3.33. The molecule has 0 aliphatic carbocycles. The van der Waals surface area contributed by atoms with Gasteiger partial charge in [-0.15, -0.1) is 0 Å². The Labute approximate surface area is 115 Å². The molecule has 2 aromatic carbocycles. The van der Waals surface area contributed by atoms with E-state index in [1.807, 2.05) is 24.3 Å². The summed E-state index contributed by atoms with van der Waals surface area (Å²) in [5.41, 5.74) is 4.04. The minimum absolute atomic E-state index is 0.228. The summed E-state index contributed by atoms with van der Waals surface area (Å²) in [5, 5.41) is 9.70. The zero-order chi connectivity index (χ0) is 13.1. The van der Waals surface area contributed by atoms with Gasteiger partial charge < -0.3 is 5.11 Å². The second-order valence-corrected chi connectivity index (χ2v) is 5.15. The first-order chi connectivity index (χ1) is 8.56. The van der Waals surface area contributed by atoms with Crippen molar-refractivity contribution in [2.45, 2.75) is 13.8 Å². The van der Waals surface area contributed by atoms with Crippen LogP contribution in [0.25, 0.3) is 0 Å². The minimum Gasteiger partial charge on any atom is -0.507 e. The van der Waals surface area contributed by atoms with Crippen molar-refractivity contribution in [3.8, 4) is 5.75 Å². The van der Waals surface area contributed by atoms with E-state index in [0.29, 0.717) is 5.56 Å². The molecule has 0 atom stereocenters.